The SMILES string of the molecule is O=C(C1CNCCO1)N1CCc2cc(Cl)cc(Cl)c2C1. The molecule has 1 N–H and O–H groups in total. The van der Waals surface area contributed by atoms with Crippen molar-refractivity contribution in [3.05, 3.63) is 33.3 Å². The van der Waals surface area contributed by atoms with Gasteiger partial charge in [0, 0.05) is 36.2 Å². The smallest absolute Gasteiger partial charge is 0.253 e. The Bertz CT molecular complexity index is 530. The molecule has 1 saturated heterocycles. The maximum atomic E-state index is 12.4. The zero-order chi connectivity index (χ0) is 14.1. The fraction of sp³-hybridized carbons (Fsp3) is 0.500. The number of halogens is 2. The molecule has 1 amide bonds. The largest absolute Gasteiger partial charge is 0.366 e. The minimum Gasteiger partial charge on any atom is -0.366 e. The number of carbonyl (C=O) groups is 1. The van der Waals surface area contributed by atoms with Crippen molar-refractivity contribution in [1.82, 2.24) is 10.2 Å². The predicted molar refractivity (Wildman–Crippen MR) is 78.2 cm³/mol. The van der Waals surface area contributed by atoms with Gasteiger partial charge >= 0.3 is 0 Å². The van der Waals surface area contributed by atoms with Gasteiger partial charge in [0.2, 0.25) is 0 Å². The van der Waals surface area contributed by atoms with Gasteiger partial charge in [0.15, 0.2) is 0 Å². The van der Waals surface area contributed by atoms with Gasteiger partial charge in [0.05, 0.1) is 6.61 Å². The molecule has 0 saturated carbocycles. The topological polar surface area (TPSA) is 41.6 Å². The molecule has 0 aliphatic carbocycles. The molecule has 0 spiro atoms. The van der Waals surface area contributed by atoms with Gasteiger partial charge in [0.1, 0.15) is 6.10 Å². The van der Waals surface area contributed by atoms with E-state index in [9.17, 15) is 4.79 Å². The van der Waals surface area contributed by atoms with Crippen LogP contribution in [0, 0.1) is 0 Å². The lowest BCUT2D eigenvalue weighted by molar-refractivity contribution is -0.146. The summed E-state index contributed by atoms with van der Waals surface area (Å²) in [4.78, 5) is 14.3. The van der Waals surface area contributed by atoms with Crippen molar-refractivity contribution in [1.29, 1.82) is 0 Å². The standard InChI is InChI=1S/C14H16Cl2N2O2/c15-10-5-9-1-3-18(8-11(9)12(16)6-10)14(19)13-7-17-2-4-20-13/h5-6,13,17H,1-4,7-8H2. The van der Waals surface area contributed by atoms with E-state index in [1.54, 1.807) is 6.07 Å². The van der Waals surface area contributed by atoms with Gasteiger partial charge in [-0.1, -0.05) is 23.2 Å². The summed E-state index contributed by atoms with van der Waals surface area (Å²) in [5.74, 6) is 0.0360. The van der Waals surface area contributed by atoms with Gasteiger partial charge in [-0.05, 0) is 29.7 Å². The summed E-state index contributed by atoms with van der Waals surface area (Å²) in [6.07, 6.45) is 0.401. The highest BCUT2D eigenvalue weighted by atomic mass is 35.5. The molecule has 4 nitrogen and oxygen atoms in total. The van der Waals surface area contributed by atoms with Gasteiger partial charge in [0.25, 0.3) is 5.91 Å². The van der Waals surface area contributed by atoms with Gasteiger partial charge in [-0.15, -0.1) is 0 Å². The Hall–Kier alpha value is -0.810. The minimum absolute atomic E-state index is 0.0360. The quantitative estimate of drug-likeness (QED) is 0.860. The number of benzene rings is 1. The van der Waals surface area contributed by atoms with Crippen LogP contribution >= 0.6 is 23.2 Å². The number of fused-ring (bicyclic) bond motifs is 1. The molecule has 2 heterocycles. The molecule has 1 unspecified atom stereocenters. The van der Waals surface area contributed by atoms with E-state index in [0.29, 0.717) is 36.3 Å². The van der Waals surface area contributed by atoms with Crippen molar-refractivity contribution < 1.29 is 9.53 Å². The molecule has 6 heteroatoms. The molecule has 1 fully saturated rings. The van der Waals surface area contributed by atoms with E-state index in [4.69, 9.17) is 27.9 Å². The van der Waals surface area contributed by atoms with Crippen molar-refractivity contribution in [2.75, 3.05) is 26.2 Å². The second-order valence-corrected chi connectivity index (χ2v) is 5.94. The lowest BCUT2D eigenvalue weighted by atomic mass is 9.99. The van der Waals surface area contributed by atoms with Crippen molar-refractivity contribution in [3.63, 3.8) is 0 Å². The van der Waals surface area contributed by atoms with Crippen molar-refractivity contribution >= 4 is 29.1 Å². The van der Waals surface area contributed by atoms with Crippen LogP contribution in [0.4, 0.5) is 0 Å². The number of ether oxygens (including phenoxy) is 1. The molecular weight excluding hydrogens is 299 g/mol. The Morgan fingerprint density at radius 3 is 3.00 bits per heavy atom. The number of morpholine rings is 1. The van der Waals surface area contributed by atoms with Crippen LogP contribution < -0.4 is 5.32 Å². The first-order valence-corrected chi connectivity index (χ1v) is 7.48. The van der Waals surface area contributed by atoms with Crippen LogP contribution in [0.5, 0.6) is 0 Å². The first-order valence-electron chi connectivity index (χ1n) is 6.73. The van der Waals surface area contributed by atoms with E-state index in [1.807, 2.05) is 11.0 Å². The second-order valence-electron chi connectivity index (χ2n) is 5.10. The number of amides is 1. The van der Waals surface area contributed by atoms with Crippen molar-refractivity contribution in [2.45, 2.75) is 19.1 Å². The molecule has 20 heavy (non-hydrogen) atoms. The summed E-state index contributed by atoms with van der Waals surface area (Å²) in [6, 6.07) is 3.66. The minimum atomic E-state index is -0.378. The van der Waals surface area contributed by atoms with Crippen molar-refractivity contribution in [2.24, 2.45) is 0 Å². The molecular formula is C14H16Cl2N2O2. The first-order chi connectivity index (χ1) is 9.65. The Kier molecular flexibility index (Phi) is 4.17. The summed E-state index contributed by atoms with van der Waals surface area (Å²) >= 11 is 12.2. The number of carbonyl (C=O) groups excluding carboxylic acids is 1. The Balaban J connectivity index is 1.76. The number of rotatable bonds is 1. The Morgan fingerprint density at radius 1 is 1.40 bits per heavy atom. The molecule has 0 bridgehead atoms. The highest BCUT2D eigenvalue weighted by Crippen LogP contribution is 2.30. The molecule has 1 atom stereocenters. The molecule has 1 aromatic carbocycles. The molecule has 1 aromatic rings. The number of hydrogen-bond donors (Lipinski definition) is 1. The van der Waals surface area contributed by atoms with E-state index in [-0.39, 0.29) is 12.0 Å². The van der Waals surface area contributed by atoms with E-state index in [1.165, 1.54) is 0 Å². The molecule has 0 radical (unpaired) electrons. The van der Waals surface area contributed by atoms with Crippen LogP contribution in [0.25, 0.3) is 0 Å². The predicted octanol–water partition coefficient (Wildman–Crippen LogP) is 1.87. The normalized spacial score (nSPS) is 22.5. The monoisotopic (exact) mass is 314 g/mol. The van der Waals surface area contributed by atoms with Gasteiger partial charge in [-0.2, -0.15) is 0 Å². The maximum absolute atomic E-state index is 12.4. The molecule has 0 aromatic heterocycles. The van der Waals surface area contributed by atoms with Crippen LogP contribution in [0.15, 0.2) is 12.1 Å². The van der Waals surface area contributed by atoms with E-state index in [2.05, 4.69) is 5.32 Å². The summed E-state index contributed by atoms with van der Waals surface area (Å²) < 4.78 is 5.52. The molecule has 108 valence electrons. The number of hydrogen-bond acceptors (Lipinski definition) is 3. The molecule has 2 aliphatic heterocycles. The average molecular weight is 315 g/mol. The third-order valence-electron chi connectivity index (χ3n) is 3.77. The summed E-state index contributed by atoms with van der Waals surface area (Å²) in [5, 5.41) is 4.46. The zero-order valence-corrected chi connectivity index (χ0v) is 12.5. The van der Waals surface area contributed by atoms with Crippen LogP contribution in [-0.2, 0) is 22.5 Å². The van der Waals surface area contributed by atoms with Crippen LogP contribution in [0.1, 0.15) is 11.1 Å². The van der Waals surface area contributed by atoms with Crippen LogP contribution in [0.3, 0.4) is 0 Å². The lowest BCUT2D eigenvalue weighted by Gasteiger charge is -2.33. The zero-order valence-electron chi connectivity index (χ0n) is 11.0. The van der Waals surface area contributed by atoms with Gasteiger partial charge < -0.3 is 15.0 Å². The third kappa shape index (κ3) is 2.79. The van der Waals surface area contributed by atoms with E-state index >= 15 is 0 Å². The summed E-state index contributed by atoms with van der Waals surface area (Å²) in [5.41, 5.74) is 2.13. The fourth-order valence-corrected chi connectivity index (χ4v) is 3.29. The summed E-state index contributed by atoms with van der Waals surface area (Å²) in [7, 11) is 0. The van der Waals surface area contributed by atoms with E-state index in [0.717, 1.165) is 24.1 Å². The van der Waals surface area contributed by atoms with Crippen LogP contribution in [0.2, 0.25) is 10.0 Å². The molecule has 2 aliphatic rings. The lowest BCUT2D eigenvalue weighted by Crippen LogP contribution is -2.50. The fourth-order valence-electron chi connectivity index (χ4n) is 2.70. The van der Waals surface area contributed by atoms with Crippen LogP contribution in [-0.4, -0.2) is 43.2 Å². The maximum Gasteiger partial charge on any atom is 0.253 e. The number of nitrogens with zero attached hydrogens (tertiary/aromatic N) is 1. The Morgan fingerprint density at radius 2 is 2.25 bits per heavy atom. The number of nitrogens with one attached hydrogen (secondary N) is 1. The van der Waals surface area contributed by atoms with Gasteiger partial charge in [-0.25, -0.2) is 0 Å². The Labute approximate surface area is 128 Å². The second kappa shape index (κ2) is 5.90. The van der Waals surface area contributed by atoms with E-state index < -0.39 is 0 Å². The van der Waals surface area contributed by atoms with Crippen molar-refractivity contribution in [3.8, 4) is 0 Å². The average Bonchev–Trinajstić information content (AvgIpc) is 2.47. The highest BCUT2D eigenvalue weighted by molar-refractivity contribution is 6.35. The highest BCUT2D eigenvalue weighted by Gasteiger charge is 2.30. The van der Waals surface area contributed by atoms with Gasteiger partial charge in [-0.3, -0.25) is 4.79 Å². The summed E-state index contributed by atoms with van der Waals surface area (Å²) in [6.45, 7) is 3.18. The third-order valence-corrected chi connectivity index (χ3v) is 4.32. The molecule has 3 rings (SSSR count). The first kappa shape index (κ1) is 14.1.